The lowest BCUT2D eigenvalue weighted by Crippen LogP contribution is -2.03. The van der Waals surface area contributed by atoms with Crippen LogP contribution < -0.4 is 5.73 Å². The summed E-state index contributed by atoms with van der Waals surface area (Å²) >= 11 is 0. The molecule has 0 saturated carbocycles. The lowest BCUT2D eigenvalue weighted by molar-refractivity contribution is 0.922. The summed E-state index contributed by atoms with van der Waals surface area (Å²) in [6, 6.07) is 3.78. The van der Waals surface area contributed by atoms with Crippen molar-refractivity contribution in [2.24, 2.45) is 5.73 Å². The van der Waals surface area contributed by atoms with Gasteiger partial charge in [0.15, 0.2) is 0 Å². The maximum atomic E-state index is 5.35. The van der Waals surface area contributed by atoms with E-state index in [-0.39, 0.29) is 0 Å². The van der Waals surface area contributed by atoms with Crippen LogP contribution in [-0.4, -0.2) is 11.5 Å². The third kappa shape index (κ3) is 2.06. The van der Waals surface area contributed by atoms with Crippen molar-refractivity contribution in [3.05, 3.63) is 29.6 Å². The minimum Gasteiger partial charge on any atom is -0.330 e. The highest BCUT2D eigenvalue weighted by Gasteiger charge is 1.91. The number of aromatic nitrogens is 1. The first-order valence-corrected chi connectivity index (χ1v) is 3.48. The molecule has 1 aromatic heterocycles. The predicted molar refractivity (Wildman–Crippen MR) is 44.9 cm³/mol. The molecule has 1 rings (SSSR count). The predicted octanol–water partition coefficient (Wildman–Crippen LogP) is 0.564. The van der Waals surface area contributed by atoms with Crippen LogP contribution in [0.25, 0.3) is 0 Å². The van der Waals surface area contributed by atoms with Crippen LogP contribution in [0.5, 0.6) is 0 Å². The monoisotopic (exact) mass is 146 g/mol. The van der Waals surface area contributed by atoms with Crippen LogP contribution in [-0.2, 0) is 6.42 Å². The summed E-state index contributed by atoms with van der Waals surface area (Å²) in [4.78, 5) is 4.12. The van der Waals surface area contributed by atoms with Crippen molar-refractivity contribution in [2.75, 3.05) is 6.54 Å². The number of terminal acetylenes is 1. The number of hydrogen-bond acceptors (Lipinski definition) is 2. The van der Waals surface area contributed by atoms with Crippen molar-refractivity contribution in [3.63, 3.8) is 0 Å². The lowest BCUT2D eigenvalue weighted by Gasteiger charge is -1.95. The highest BCUT2D eigenvalue weighted by molar-refractivity contribution is 5.29. The van der Waals surface area contributed by atoms with E-state index in [9.17, 15) is 0 Å². The summed E-state index contributed by atoms with van der Waals surface area (Å²) in [5.74, 6) is 2.50. The molecule has 0 spiro atoms. The van der Waals surface area contributed by atoms with Gasteiger partial charge in [0.05, 0.1) is 0 Å². The lowest BCUT2D eigenvalue weighted by atomic mass is 10.2. The van der Waals surface area contributed by atoms with E-state index in [1.807, 2.05) is 12.1 Å². The van der Waals surface area contributed by atoms with Crippen molar-refractivity contribution in [2.45, 2.75) is 6.42 Å². The summed E-state index contributed by atoms with van der Waals surface area (Å²) in [7, 11) is 0. The fourth-order valence-corrected chi connectivity index (χ4v) is 0.806. The van der Waals surface area contributed by atoms with Gasteiger partial charge in [-0.3, -0.25) is 4.98 Å². The van der Waals surface area contributed by atoms with Gasteiger partial charge in [0.1, 0.15) is 0 Å². The van der Waals surface area contributed by atoms with Gasteiger partial charge in [0.2, 0.25) is 0 Å². The minimum absolute atomic E-state index is 0.627. The Kier molecular flexibility index (Phi) is 2.65. The Morgan fingerprint density at radius 1 is 1.55 bits per heavy atom. The van der Waals surface area contributed by atoms with Crippen molar-refractivity contribution in [1.82, 2.24) is 4.98 Å². The zero-order valence-corrected chi connectivity index (χ0v) is 6.25. The van der Waals surface area contributed by atoms with Gasteiger partial charge in [0, 0.05) is 23.9 Å². The molecule has 0 aliphatic rings. The average molecular weight is 146 g/mol. The second-order valence-electron chi connectivity index (χ2n) is 2.22. The summed E-state index contributed by atoms with van der Waals surface area (Å²) in [6.07, 6.45) is 7.66. The molecule has 0 atom stereocenters. The third-order valence-corrected chi connectivity index (χ3v) is 1.39. The van der Waals surface area contributed by atoms with Crippen LogP contribution >= 0.6 is 0 Å². The van der Waals surface area contributed by atoms with Crippen LogP contribution in [0.1, 0.15) is 11.3 Å². The number of nitrogens with two attached hydrogens (primary N) is 1. The molecule has 0 unspecified atom stereocenters. The second kappa shape index (κ2) is 3.75. The van der Waals surface area contributed by atoms with Crippen molar-refractivity contribution < 1.29 is 0 Å². The minimum atomic E-state index is 0.627. The van der Waals surface area contributed by atoms with Crippen LogP contribution in [0, 0.1) is 12.3 Å². The normalized spacial score (nSPS) is 9.09. The SMILES string of the molecule is C#Cc1ccc(CCN)nc1. The summed E-state index contributed by atoms with van der Waals surface area (Å²) in [5, 5.41) is 0. The Morgan fingerprint density at radius 2 is 2.36 bits per heavy atom. The van der Waals surface area contributed by atoms with Crippen molar-refractivity contribution in [1.29, 1.82) is 0 Å². The molecule has 2 nitrogen and oxygen atoms in total. The van der Waals surface area contributed by atoms with Crippen LogP contribution in [0.4, 0.5) is 0 Å². The van der Waals surface area contributed by atoms with Crippen LogP contribution in [0.3, 0.4) is 0 Å². The molecule has 0 saturated heterocycles. The summed E-state index contributed by atoms with van der Waals surface area (Å²) < 4.78 is 0. The second-order valence-corrected chi connectivity index (χ2v) is 2.22. The molecule has 0 bridgehead atoms. The molecule has 2 heteroatoms. The molecule has 0 aromatic carbocycles. The maximum absolute atomic E-state index is 5.35. The van der Waals surface area contributed by atoms with E-state index >= 15 is 0 Å². The molecule has 0 aliphatic heterocycles. The summed E-state index contributed by atoms with van der Waals surface area (Å²) in [6.45, 7) is 0.627. The van der Waals surface area contributed by atoms with Gasteiger partial charge in [-0.25, -0.2) is 0 Å². The smallest absolute Gasteiger partial charge is 0.0427 e. The number of pyridine rings is 1. The van der Waals surface area contributed by atoms with Crippen LogP contribution in [0.15, 0.2) is 18.3 Å². The van der Waals surface area contributed by atoms with E-state index in [0.29, 0.717) is 6.54 Å². The van der Waals surface area contributed by atoms with Gasteiger partial charge < -0.3 is 5.73 Å². The van der Waals surface area contributed by atoms with Gasteiger partial charge in [-0.1, -0.05) is 5.92 Å². The van der Waals surface area contributed by atoms with E-state index in [4.69, 9.17) is 12.2 Å². The first kappa shape index (κ1) is 7.77. The Hall–Kier alpha value is -1.33. The Labute approximate surface area is 66.4 Å². The maximum Gasteiger partial charge on any atom is 0.0427 e. The standard InChI is InChI=1S/C9H10N2/c1-2-8-3-4-9(5-6-10)11-7-8/h1,3-4,7H,5-6,10H2. The quantitative estimate of drug-likeness (QED) is 0.619. The molecular formula is C9H10N2. The summed E-state index contributed by atoms with van der Waals surface area (Å²) in [5.41, 5.74) is 7.15. The van der Waals surface area contributed by atoms with E-state index in [1.54, 1.807) is 6.20 Å². The van der Waals surface area contributed by atoms with Crippen molar-refractivity contribution >= 4 is 0 Å². The Morgan fingerprint density at radius 3 is 2.82 bits per heavy atom. The molecule has 0 amide bonds. The molecule has 2 N–H and O–H groups in total. The molecule has 0 fully saturated rings. The van der Waals surface area contributed by atoms with Gasteiger partial charge >= 0.3 is 0 Å². The molecule has 0 aliphatic carbocycles. The topological polar surface area (TPSA) is 38.9 Å². The highest BCUT2D eigenvalue weighted by Crippen LogP contribution is 1.98. The zero-order chi connectivity index (χ0) is 8.10. The number of hydrogen-bond donors (Lipinski definition) is 1. The molecule has 11 heavy (non-hydrogen) atoms. The first-order valence-electron chi connectivity index (χ1n) is 3.48. The van der Waals surface area contributed by atoms with Gasteiger partial charge in [-0.15, -0.1) is 6.42 Å². The molecule has 1 heterocycles. The van der Waals surface area contributed by atoms with Gasteiger partial charge in [-0.2, -0.15) is 0 Å². The number of rotatable bonds is 2. The molecule has 56 valence electrons. The molecule has 1 aromatic rings. The average Bonchev–Trinajstić information content (AvgIpc) is 2.07. The van der Waals surface area contributed by atoms with Crippen molar-refractivity contribution in [3.8, 4) is 12.3 Å². The fraction of sp³-hybridized carbons (Fsp3) is 0.222. The highest BCUT2D eigenvalue weighted by atomic mass is 14.7. The fourth-order valence-electron chi connectivity index (χ4n) is 0.806. The van der Waals surface area contributed by atoms with Gasteiger partial charge in [-0.05, 0) is 18.7 Å². The molecular weight excluding hydrogens is 136 g/mol. The van der Waals surface area contributed by atoms with E-state index in [0.717, 1.165) is 17.7 Å². The van der Waals surface area contributed by atoms with Gasteiger partial charge in [0.25, 0.3) is 0 Å². The van der Waals surface area contributed by atoms with E-state index in [1.165, 1.54) is 0 Å². The Balaban J connectivity index is 2.76. The number of nitrogens with zero attached hydrogens (tertiary/aromatic N) is 1. The van der Waals surface area contributed by atoms with Crippen LogP contribution in [0.2, 0.25) is 0 Å². The third-order valence-electron chi connectivity index (χ3n) is 1.39. The molecule has 0 radical (unpaired) electrons. The van der Waals surface area contributed by atoms with E-state index in [2.05, 4.69) is 10.9 Å². The largest absolute Gasteiger partial charge is 0.330 e. The Bertz CT molecular complexity index is 256. The first-order chi connectivity index (χ1) is 5.36. The van der Waals surface area contributed by atoms with E-state index < -0.39 is 0 Å². The zero-order valence-electron chi connectivity index (χ0n) is 6.25.